The summed E-state index contributed by atoms with van der Waals surface area (Å²) >= 11 is 0. The Morgan fingerprint density at radius 1 is 1.03 bits per heavy atom. The van der Waals surface area contributed by atoms with Crippen LogP contribution in [0.25, 0.3) is 0 Å². The standard InChI is InChI=1S/C26H26N2O2/c29-26(27-15-20-7-4-12-30-20)19-10-11-22-21(14-19)23-17-8-9-18(13-17)24(23)25(28-22)16-5-2-1-3-6-16/h1-7,10-12,14,17-18,23-25,28H,8-9,13,15H2,(H,27,29)/t17-,18-,23-,24-,25+/m0/s1. The maximum Gasteiger partial charge on any atom is 0.251 e. The minimum absolute atomic E-state index is 0.0425. The van der Waals surface area contributed by atoms with Crippen molar-refractivity contribution in [2.24, 2.45) is 17.8 Å². The molecule has 0 unspecified atom stereocenters. The van der Waals surface area contributed by atoms with Gasteiger partial charge in [0, 0.05) is 11.3 Å². The van der Waals surface area contributed by atoms with Crippen LogP contribution in [0.15, 0.2) is 71.3 Å². The summed E-state index contributed by atoms with van der Waals surface area (Å²) in [6.45, 7) is 0.411. The first-order chi connectivity index (χ1) is 14.8. The van der Waals surface area contributed by atoms with E-state index in [9.17, 15) is 4.79 Å². The quantitative estimate of drug-likeness (QED) is 0.610. The first-order valence-corrected chi connectivity index (χ1v) is 11.0. The highest BCUT2D eigenvalue weighted by atomic mass is 16.3. The van der Waals surface area contributed by atoms with Gasteiger partial charge in [0.25, 0.3) is 5.91 Å². The van der Waals surface area contributed by atoms with Crippen LogP contribution in [0.1, 0.15) is 58.5 Å². The fourth-order valence-electron chi connectivity index (χ4n) is 6.30. The van der Waals surface area contributed by atoms with Crippen molar-refractivity contribution in [2.45, 2.75) is 37.8 Å². The minimum atomic E-state index is -0.0425. The van der Waals surface area contributed by atoms with Crippen LogP contribution >= 0.6 is 0 Å². The number of nitrogens with one attached hydrogen (secondary N) is 2. The van der Waals surface area contributed by atoms with E-state index in [1.165, 1.54) is 36.1 Å². The average Bonchev–Trinajstić information content (AvgIpc) is 3.55. The normalized spacial score (nSPS) is 28.5. The molecule has 1 aromatic heterocycles. The van der Waals surface area contributed by atoms with Crippen molar-refractivity contribution in [3.05, 3.63) is 89.4 Å². The fourth-order valence-corrected chi connectivity index (χ4v) is 6.30. The Bertz CT molecular complexity index is 1060. The zero-order valence-electron chi connectivity index (χ0n) is 16.9. The smallest absolute Gasteiger partial charge is 0.251 e. The molecule has 6 rings (SSSR count). The summed E-state index contributed by atoms with van der Waals surface area (Å²) in [5.41, 5.74) is 4.65. The number of carbonyl (C=O) groups is 1. The van der Waals surface area contributed by atoms with Crippen LogP contribution in [0, 0.1) is 17.8 Å². The monoisotopic (exact) mass is 398 g/mol. The first-order valence-electron chi connectivity index (χ1n) is 11.0. The molecule has 2 aromatic carbocycles. The zero-order valence-corrected chi connectivity index (χ0v) is 16.9. The third-order valence-corrected chi connectivity index (χ3v) is 7.51. The van der Waals surface area contributed by atoms with Gasteiger partial charge in [-0.05, 0) is 84.4 Å². The summed E-state index contributed by atoms with van der Waals surface area (Å²) in [7, 11) is 0. The van der Waals surface area contributed by atoms with E-state index in [2.05, 4.69) is 53.1 Å². The van der Waals surface area contributed by atoms with Crippen molar-refractivity contribution in [3.8, 4) is 0 Å². The molecule has 2 heterocycles. The Kier molecular flexibility index (Phi) is 4.19. The molecule has 0 spiro atoms. The molecule has 4 nitrogen and oxygen atoms in total. The van der Waals surface area contributed by atoms with E-state index in [0.29, 0.717) is 24.4 Å². The molecular formula is C26H26N2O2. The maximum atomic E-state index is 12.8. The topological polar surface area (TPSA) is 54.3 Å². The lowest BCUT2D eigenvalue weighted by Gasteiger charge is -2.43. The predicted octanol–water partition coefficient (Wildman–Crippen LogP) is 5.51. The summed E-state index contributed by atoms with van der Waals surface area (Å²) in [6.07, 6.45) is 5.62. The van der Waals surface area contributed by atoms with Crippen molar-refractivity contribution in [1.29, 1.82) is 0 Å². The van der Waals surface area contributed by atoms with Crippen molar-refractivity contribution >= 4 is 11.6 Å². The van der Waals surface area contributed by atoms with Gasteiger partial charge in [-0.25, -0.2) is 0 Å². The van der Waals surface area contributed by atoms with E-state index < -0.39 is 0 Å². The van der Waals surface area contributed by atoms with Crippen LogP contribution in [-0.4, -0.2) is 5.91 Å². The fraction of sp³-hybridized carbons (Fsp3) is 0.346. The summed E-state index contributed by atoms with van der Waals surface area (Å²) in [5, 5.41) is 6.83. The summed E-state index contributed by atoms with van der Waals surface area (Å²) in [5.74, 6) is 3.40. The average molecular weight is 399 g/mol. The van der Waals surface area contributed by atoms with E-state index in [0.717, 1.165) is 23.2 Å². The molecule has 2 saturated carbocycles. The molecule has 2 bridgehead atoms. The van der Waals surface area contributed by atoms with E-state index in [1.807, 2.05) is 18.2 Å². The predicted molar refractivity (Wildman–Crippen MR) is 116 cm³/mol. The number of furan rings is 1. The summed E-state index contributed by atoms with van der Waals surface area (Å²) < 4.78 is 5.33. The SMILES string of the molecule is O=C(NCc1ccco1)c1ccc2c(c1)[C@@H]1[C@H]3CC[C@@H](C3)[C@@H]1[C@@H](c1ccccc1)N2. The van der Waals surface area contributed by atoms with Crippen molar-refractivity contribution < 1.29 is 9.21 Å². The second-order valence-electron chi connectivity index (χ2n) is 9.03. The molecule has 0 radical (unpaired) electrons. The number of carbonyl (C=O) groups excluding carboxylic acids is 1. The third-order valence-electron chi connectivity index (χ3n) is 7.51. The number of rotatable bonds is 4. The second kappa shape index (κ2) is 7.05. The van der Waals surface area contributed by atoms with Gasteiger partial charge in [-0.1, -0.05) is 30.3 Å². The Morgan fingerprint density at radius 2 is 1.90 bits per heavy atom. The van der Waals surface area contributed by atoms with Gasteiger partial charge in [0.1, 0.15) is 5.76 Å². The number of anilines is 1. The van der Waals surface area contributed by atoms with Crippen LogP contribution in [0.2, 0.25) is 0 Å². The van der Waals surface area contributed by atoms with Gasteiger partial charge in [0.15, 0.2) is 0 Å². The Labute approximate surface area is 176 Å². The lowest BCUT2D eigenvalue weighted by molar-refractivity contribution is 0.0947. The summed E-state index contributed by atoms with van der Waals surface area (Å²) in [4.78, 5) is 12.8. The Hall–Kier alpha value is -3.01. The van der Waals surface area contributed by atoms with Gasteiger partial charge < -0.3 is 15.1 Å². The third kappa shape index (κ3) is 2.85. The van der Waals surface area contributed by atoms with Crippen molar-refractivity contribution in [3.63, 3.8) is 0 Å². The minimum Gasteiger partial charge on any atom is -0.467 e. The molecular weight excluding hydrogens is 372 g/mol. The molecule has 3 aliphatic rings. The van der Waals surface area contributed by atoms with Gasteiger partial charge in [0.2, 0.25) is 0 Å². The molecule has 5 atom stereocenters. The molecule has 0 saturated heterocycles. The molecule has 1 amide bonds. The maximum absolute atomic E-state index is 12.8. The van der Waals surface area contributed by atoms with E-state index in [4.69, 9.17) is 4.42 Å². The van der Waals surface area contributed by atoms with Crippen molar-refractivity contribution in [1.82, 2.24) is 5.32 Å². The Balaban J connectivity index is 1.32. The van der Waals surface area contributed by atoms with Gasteiger partial charge in [-0.2, -0.15) is 0 Å². The van der Waals surface area contributed by atoms with Crippen LogP contribution < -0.4 is 10.6 Å². The number of hydrogen-bond donors (Lipinski definition) is 2. The van der Waals surface area contributed by atoms with Crippen LogP contribution in [0.4, 0.5) is 5.69 Å². The number of benzene rings is 2. The van der Waals surface area contributed by atoms with Gasteiger partial charge >= 0.3 is 0 Å². The molecule has 2 fully saturated rings. The molecule has 4 heteroatoms. The van der Waals surface area contributed by atoms with Gasteiger partial charge in [0.05, 0.1) is 18.8 Å². The second-order valence-corrected chi connectivity index (χ2v) is 9.03. The highest BCUT2D eigenvalue weighted by molar-refractivity contribution is 5.95. The van der Waals surface area contributed by atoms with E-state index in [-0.39, 0.29) is 5.91 Å². The lowest BCUT2D eigenvalue weighted by atomic mass is 9.68. The number of hydrogen-bond acceptors (Lipinski definition) is 3. The molecule has 2 N–H and O–H groups in total. The number of fused-ring (bicyclic) bond motifs is 7. The molecule has 3 aromatic rings. The first kappa shape index (κ1) is 17.8. The molecule has 30 heavy (non-hydrogen) atoms. The lowest BCUT2D eigenvalue weighted by Crippen LogP contribution is -2.35. The van der Waals surface area contributed by atoms with Gasteiger partial charge in [-0.3, -0.25) is 4.79 Å². The van der Waals surface area contributed by atoms with Gasteiger partial charge in [-0.15, -0.1) is 0 Å². The highest BCUT2D eigenvalue weighted by Crippen LogP contribution is 2.63. The highest BCUT2D eigenvalue weighted by Gasteiger charge is 2.53. The number of amides is 1. The summed E-state index contributed by atoms with van der Waals surface area (Å²) in [6, 6.07) is 21.1. The zero-order chi connectivity index (χ0) is 20.1. The molecule has 1 aliphatic heterocycles. The van der Waals surface area contributed by atoms with Crippen LogP contribution in [0.3, 0.4) is 0 Å². The Morgan fingerprint density at radius 3 is 2.73 bits per heavy atom. The van der Waals surface area contributed by atoms with E-state index in [1.54, 1.807) is 6.26 Å². The van der Waals surface area contributed by atoms with Crippen LogP contribution in [-0.2, 0) is 6.54 Å². The van der Waals surface area contributed by atoms with Crippen LogP contribution in [0.5, 0.6) is 0 Å². The largest absolute Gasteiger partial charge is 0.467 e. The molecule has 2 aliphatic carbocycles. The molecule has 152 valence electrons. The van der Waals surface area contributed by atoms with Crippen molar-refractivity contribution in [2.75, 3.05) is 5.32 Å². The van der Waals surface area contributed by atoms with E-state index >= 15 is 0 Å².